The third-order valence-electron chi connectivity index (χ3n) is 3.32. The van der Waals surface area contributed by atoms with Crippen LogP contribution in [0.5, 0.6) is 0 Å². The van der Waals surface area contributed by atoms with Crippen LogP contribution in [0.1, 0.15) is 19.4 Å². The number of hydrogen-bond acceptors (Lipinski definition) is 3. The lowest BCUT2D eigenvalue weighted by atomic mass is 10.1. The summed E-state index contributed by atoms with van der Waals surface area (Å²) in [5.74, 6) is 0.330. The van der Waals surface area contributed by atoms with Crippen molar-refractivity contribution in [1.29, 1.82) is 0 Å². The van der Waals surface area contributed by atoms with Crippen LogP contribution < -0.4 is 5.32 Å². The van der Waals surface area contributed by atoms with Gasteiger partial charge in [0.15, 0.2) is 0 Å². The van der Waals surface area contributed by atoms with E-state index in [1.165, 1.54) is 7.11 Å². The molecule has 0 radical (unpaired) electrons. The van der Waals surface area contributed by atoms with Gasteiger partial charge in [0.25, 0.3) is 0 Å². The van der Waals surface area contributed by atoms with Gasteiger partial charge in [-0.2, -0.15) is 0 Å². The zero-order chi connectivity index (χ0) is 15.4. The molecule has 0 amide bonds. The van der Waals surface area contributed by atoms with E-state index in [2.05, 4.69) is 19.2 Å². The van der Waals surface area contributed by atoms with Crippen molar-refractivity contribution < 1.29 is 9.53 Å². The molecule has 1 N–H and O–H groups in total. The first-order valence-electron chi connectivity index (χ1n) is 7.06. The third-order valence-corrected chi connectivity index (χ3v) is 3.56. The van der Waals surface area contributed by atoms with E-state index in [1.807, 2.05) is 29.0 Å². The molecule has 0 atom stereocenters. The molecule has 1 aromatic carbocycles. The van der Waals surface area contributed by atoms with Gasteiger partial charge in [0, 0.05) is 23.2 Å². The van der Waals surface area contributed by atoms with Crippen LogP contribution >= 0.6 is 11.6 Å². The topological polar surface area (TPSA) is 43.3 Å². The molecular formula is C16H21ClN2O2. The Morgan fingerprint density at radius 3 is 2.86 bits per heavy atom. The molecule has 21 heavy (non-hydrogen) atoms. The van der Waals surface area contributed by atoms with E-state index in [0.29, 0.717) is 10.9 Å². The van der Waals surface area contributed by atoms with Crippen LogP contribution in [-0.4, -0.2) is 24.2 Å². The van der Waals surface area contributed by atoms with Crippen molar-refractivity contribution in [3.8, 4) is 0 Å². The number of esters is 1. The summed E-state index contributed by atoms with van der Waals surface area (Å²) in [7, 11) is 1.39. The Kier molecular flexibility index (Phi) is 5.26. The number of rotatable bonds is 6. The molecule has 0 saturated heterocycles. The quantitative estimate of drug-likeness (QED) is 0.833. The fourth-order valence-electron chi connectivity index (χ4n) is 2.31. The summed E-state index contributed by atoms with van der Waals surface area (Å²) >= 11 is 6.07. The molecule has 0 bridgehead atoms. The van der Waals surface area contributed by atoms with E-state index in [1.54, 1.807) is 0 Å². The monoisotopic (exact) mass is 308 g/mol. The second kappa shape index (κ2) is 6.96. The molecular weight excluding hydrogens is 288 g/mol. The van der Waals surface area contributed by atoms with E-state index >= 15 is 0 Å². The highest BCUT2D eigenvalue weighted by Gasteiger charge is 2.12. The summed E-state index contributed by atoms with van der Waals surface area (Å²) in [6.45, 7) is 6.26. The van der Waals surface area contributed by atoms with Gasteiger partial charge in [-0.25, -0.2) is 0 Å². The third kappa shape index (κ3) is 3.99. The van der Waals surface area contributed by atoms with Gasteiger partial charge in [0.2, 0.25) is 0 Å². The average molecular weight is 309 g/mol. The predicted molar refractivity (Wildman–Crippen MR) is 85.5 cm³/mol. The number of halogens is 1. The summed E-state index contributed by atoms with van der Waals surface area (Å²) in [4.78, 5) is 11.5. The van der Waals surface area contributed by atoms with Crippen LogP contribution in [0.3, 0.4) is 0 Å². The summed E-state index contributed by atoms with van der Waals surface area (Å²) < 4.78 is 6.64. The lowest BCUT2D eigenvalue weighted by molar-refractivity contribution is -0.141. The minimum Gasteiger partial charge on any atom is -0.468 e. The molecule has 0 saturated carbocycles. The molecule has 0 aliphatic heterocycles. The lowest BCUT2D eigenvalue weighted by Gasteiger charge is -2.06. The molecule has 5 heteroatoms. The number of carbonyl (C=O) groups excluding carboxylic acids is 1. The van der Waals surface area contributed by atoms with Crippen LogP contribution in [0, 0.1) is 5.92 Å². The predicted octanol–water partition coefficient (Wildman–Crippen LogP) is 3.21. The van der Waals surface area contributed by atoms with E-state index < -0.39 is 0 Å². The second-order valence-electron chi connectivity index (χ2n) is 5.54. The normalized spacial score (nSPS) is 11.3. The molecule has 4 nitrogen and oxygen atoms in total. The summed E-state index contributed by atoms with van der Waals surface area (Å²) in [6, 6.07) is 5.75. The van der Waals surface area contributed by atoms with E-state index in [4.69, 9.17) is 16.3 Å². The SMILES string of the molecule is COC(=O)Cn1cc(CNCC(C)C)c2ccc(Cl)cc21. The molecule has 2 aromatic rings. The van der Waals surface area contributed by atoms with Crippen molar-refractivity contribution in [2.75, 3.05) is 13.7 Å². The summed E-state index contributed by atoms with van der Waals surface area (Å²) in [6.07, 6.45) is 1.99. The molecule has 0 fully saturated rings. The number of methoxy groups -OCH3 is 1. The molecule has 1 aromatic heterocycles. The van der Waals surface area contributed by atoms with Crippen molar-refractivity contribution >= 4 is 28.5 Å². The first kappa shape index (κ1) is 15.9. The van der Waals surface area contributed by atoms with Gasteiger partial charge in [-0.3, -0.25) is 4.79 Å². The highest BCUT2D eigenvalue weighted by molar-refractivity contribution is 6.31. The first-order chi connectivity index (χ1) is 10.0. The van der Waals surface area contributed by atoms with Crippen LogP contribution in [0.25, 0.3) is 10.9 Å². The van der Waals surface area contributed by atoms with E-state index in [-0.39, 0.29) is 12.5 Å². The van der Waals surface area contributed by atoms with Gasteiger partial charge in [-0.1, -0.05) is 31.5 Å². The van der Waals surface area contributed by atoms with Crippen molar-refractivity contribution in [2.24, 2.45) is 5.92 Å². The number of benzene rings is 1. The maximum Gasteiger partial charge on any atom is 0.325 e. The number of ether oxygens (including phenoxy) is 1. The minimum absolute atomic E-state index is 0.192. The molecule has 0 spiro atoms. The highest BCUT2D eigenvalue weighted by Crippen LogP contribution is 2.25. The molecule has 0 aliphatic carbocycles. The maximum atomic E-state index is 11.5. The largest absolute Gasteiger partial charge is 0.468 e. The standard InChI is InChI=1S/C16H21ClN2O2/c1-11(2)7-18-8-12-9-19(10-16(20)21-3)15-6-13(17)4-5-14(12)15/h4-6,9,11,18H,7-8,10H2,1-3H3. The fraction of sp³-hybridized carbons (Fsp3) is 0.438. The zero-order valence-electron chi connectivity index (χ0n) is 12.6. The van der Waals surface area contributed by atoms with Crippen LogP contribution in [-0.2, 0) is 22.6 Å². The van der Waals surface area contributed by atoms with Crippen LogP contribution in [0.4, 0.5) is 0 Å². The second-order valence-corrected chi connectivity index (χ2v) is 5.98. The lowest BCUT2D eigenvalue weighted by Crippen LogP contribution is -2.18. The van der Waals surface area contributed by atoms with Gasteiger partial charge in [0.05, 0.1) is 12.6 Å². The number of carbonyl (C=O) groups is 1. The van der Waals surface area contributed by atoms with Gasteiger partial charge >= 0.3 is 5.97 Å². The Labute approximate surface area is 130 Å². The summed E-state index contributed by atoms with van der Waals surface area (Å²) in [5, 5.41) is 5.20. The number of fused-ring (bicyclic) bond motifs is 1. The Bertz CT molecular complexity index is 634. The Morgan fingerprint density at radius 2 is 2.19 bits per heavy atom. The van der Waals surface area contributed by atoms with Crippen LogP contribution in [0.15, 0.2) is 24.4 Å². The van der Waals surface area contributed by atoms with Gasteiger partial charge in [-0.05, 0) is 30.2 Å². The Morgan fingerprint density at radius 1 is 1.43 bits per heavy atom. The van der Waals surface area contributed by atoms with Crippen LogP contribution in [0.2, 0.25) is 5.02 Å². The van der Waals surface area contributed by atoms with E-state index in [9.17, 15) is 4.79 Å². The number of aromatic nitrogens is 1. The van der Waals surface area contributed by atoms with Crippen molar-refractivity contribution in [1.82, 2.24) is 9.88 Å². The first-order valence-corrected chi connectivity index (χ1v) is 7.44. The van der Waals surface area contributed by atoms with Gasteiger partial charge < -0.3 is 14.6 Å². The average Bonchev–Trinajstić information content (AvgIpc) is 2.76. The number of nitrogens with one attached hydrogen (secondary N) is 1. The van der Waals surface area contributed by atoms with Crippen molar-refractivity contribution in [3.05, 3.63) is 35.0 Å². The number of nitrogens with zero attached hydrogens (tertiary/aromatic N) is 1. The van der Waals surface area contributed by atoms with Crippen molar-refractivity contribution in [2.45, 2.75) is 26.9 Å². The highest BCUT2D eigenvalue weighted by atomic mass is 35.5. The molecule has 1 heterocycles. The maximum absolute atomic E-state index is 11.5. The molecule has 114 valence electrons. The fourth-order valence-corrected chi connectivity index (χ4v) is 2.48. The van der Waals surface area contributed by atoms with Crippen molar-refractivity contribution in [3.63, 3.8) is 0 Å². The van der Waals surface area contributed by atoms with Gasteiger partial charge in [-0.15, -0.1) is 0 Å². The molecule has 0 unspecified atom stereocenters. The summed E-state index contributed by atoms with van der Waals surface area (Å²) in [5.41, 5.74) is 2.11. The number of hydrogen-bond donors (Lipinski definition) is 1. The Hall–Kier alpha value is -1.52. The Balaban J connectivity index is 2.30. The van der Waals surface area contributed by atoms with E-state index in [0.717, 1.165) is 29.6 Å². The zero-order valence-corrected chi connectivity index (χ0v) is 13.4. The smallest absolute Gasteiger partial charge is 0.325 e. The molecule has 0 aliphatic rings. The van der Waals surface area contributed by atoms with Gasteiger partial charge in [0.1, 0.15) is 6.54 Å². The minimum atomic E-state index is -0.270. The molecule has 2 rings (SSSR count).